The van der Waals surface area contributed by atoms with Gasteiger partial charge in [0.1, 0.15) is 22.4 Å². The summed E-state index contributed by atoms with van der Waals surface area (Å²) in [5.41, 5.74) is 1.54. The Kier molecular flexibility index (Phi) is 5.25. The summed E-state index contributed by atoms with van der Waals surface area (Å²) in [4.78, 5) is 4.47. The van der Waals surface area contributed by atoms with Gasteiger partial charge in [0.2, 0.25) is 0 Å². The first-order valence-corrected chi connectivity index (χ1v) is 9.65. The van der Waals surface area contributed by atoms with Gasteiger partial charge in [-0.25, -0.2) is 13.4 Å². The summed E-state index contributed by atoms with van der Waals surface area (Å²) in [6.45, 7) is 11.9. The summed E-state index contributed by atoms with van der Waals surface area (Å²) in [5.74, 6) is 0.348. The average molecular weight is 354 g/mol. The second kappa shape index (κ2) is 6.72. The lowest BCUT2D eigenvalue weighted by Crippen LogP contribution is -2.39. The quantitative estimate of drug-likeness (QED) is 0.847. The Hall–Kier alpha value is -1.60. The number of hydrogen-bond acceptors (Lipinski definition) is 5. The van der Waals surface area contributed by atoms with Crippen LogP contribution in [-0.4, -0.2) is 41.9 Å². The molecule has 3 rings (SSSR count). The maximum absolute atomic E-state index is 12.9. The van der Waals surface area contributed by atoms with E-state index in [1.54, 1.807) is 43.6 Å². The molecule has 6 nitrogen and oxygen atoms in total. The normalized spacial score (nSPS) is 15.6. The fraction of sp³-hybridized carbons (Fsp3) is 0.588. The molecule has 1 fully saturated rings. The van der Waals surface area contributed by atoms with Crippen molar-refractivity contribution in [2.24, 2.45) is 0 Å². The van der Waals surface area contributed by atoms with Gasteiger partial charge in [-0.3, -0.25) is 0 Å². The molecular weight excluding hydrogens is 328 g/mol. The zero-order valence-corrected chi connectivity index (χ0v) is 16.0. The van der Waals surface area contributed by atoms with Crippen molar-refractivity contribution in [1.29, 1.82) is 0 Å². The van der Waals surface area contributed by atoms with Gasteiger partial charge in [-0.2, -0.15) is 0 Å². The molecule has 7 heteroatoms. The molecule has 0 spiro atoms. The van der Waals surface area contributed by atoms with Crippen molar-refractivity contribution < 1.29 is 17.9 Å². The zero-order valence-electron chi connectivity index (χ0n) is 15.2. The summed E-state index contributed by atoms with van der Waals surface area (Å²) in [5, 5.41) is 0. The van der Waals surface area contributed by atoms with Crippen molar-refractivity contribution in [1.82, 2.24) is 9.38 Å². The molecule has 0 bridgehead atoms. The molecule has 2 aromatic rings. The molecular formula is C17H26N2O4S. The van der Waals surface area contributed by atoms with Gasteiger partial charge < -0.3 is 13.9 Å². The molecule has 0 N–H and O–H groups in total. The lowest BCUT2D eigenvalue weighted by atomic mass is 10.3. The molecule has 134 valence electrons. The van der Waals surface area contributed by atoms with Crippen LogP contribution in [-0.2, 0) is 14.6 Å². The number of hydrogen-bond donors (Lipinski definition) is 0. The van der Waals surface area contributed by atoms with Gasteiger partial charge in [0.15, 0.2) is 9.84 Å². The van der Waals surface area contributed by atoms with Crippen LogP contribution in [0.15, 0.2) is 23.4 Å². The van der Waals surface area contributed by atoms with E-state index in [1.807, 2.05) is 20.8 Å². The topological polar surface area (TPSA) is 69.9 Å². The van der Waals surface area contributed by atoms with E-state index in [9.17, 15) is 8.42 Å². The highest BCUT2D eigenvalue weighted by Crippen LogP contribution is 2.34. The van der Waals surface area contributed by atoms with Gasteiger partial charge in [0, 0.05) is 24.2 Å². The van der Waals surface area contributed by atoms with Crippen molar-refractivity contribution >= 4 is 15.5 Å². The minimum atomic E-state index is -3.54. The summed E-state index contributed by atoms with van der Waals surface area (Å²) in [6.07, 6.45) is 3.21. The molecule has 0 saturated carbocycles. The first kappa shape index (κ1) is 18.7. The number of pyridine rings is 1. The number of nitrogens with zero attached hydrogens (tertiary/aromatic N) is 2. The molecule has 1 saturated heterocycles. The van der Waals surface area contributed by atoms with Crippen LogP contribution in [0.4, 0.5) is 0 Å². The molecule has 0 atom stereocenters. The molecule has 2 aromatic heterocycles. The number of aromatic nitrogens is 2. The summed E-state index contributed by atoms with van der Waals surface area (Å²) in [6, 6.07) is 1.68. The van der Waals surface area contributed by atoms with Crippen molar-refractivity contribution in [3.8, 4) is 5.75 Å². The predicted octanol–water partition coefficient (Wildman–Crippen LogP) is 3.02. The SMILES string of the molecule is CC.Cc1cnc2cc(OC3COC3)c(S(=O)(=O)C(C)(C)C)cn12. The van der Waals surface area contributed by atoms with Crippen LogP contribution in [0.1, 0.15) is 40.3 Å². The monoisotopic (exact) mass is 354 g/mol. The van der Waals surface area contributed by atoms with Crippen LogP contribution in [0, 0.1) is 6.92 Å². The molecule has 0 amide bonds. The molecule has 1 aliphatic rings. The zero-order chi connectivity index (χ0) is 18.1. The van der Waals surface area contributed by atoms with E-state index in [2.05, 4.69) is 4.98 Å². The summed E-state index contributed by atoms with van der Waals surface area (Å²) in [7, 11) is -3.54. The van der Waals surface area contributed by atoms with Crippen LogP contribution in [0.25, 0.3) is 5.65 Å². The lowest BCUT2D eigenvalue weighted by molar-refractivity contribution is -0.0807. The van der Waals surface area contributed by atoms with Crippen LogP contribution >= 0.6 is 0 Å². The standard InChI is InChI=1S/C15H20N2O4S.C2H6/c1-10-6-16-14-5-12(21-11-8-20-9-11)13(7-17(10)14)22(18,19)15(2,3)4;1-2/h5-7,11H,8-9H2,1-4H3;1-2H3. The molecule has 0 radical (unpaired) electrons. The third-order valence-corrected chi connectivity index (χ3v) is 6.25. The highest BCUT2D eigenvalue weighted by molar-refractivity contribution is 7.92. The van der Waals surface area contributed by atoms with E-state index in [-0.39, 0.29) is 11.0 Å². The first-order chi connectivity index (χ1) is 11.2. The highest BCUT2D eigenvalue weighted by Gasteiger charge is 2.35. The second-order valence-corrected chi connectivity index (χ2v) is 9.19. The molecule has 1 aliphatic heterocycles. The molecule has 0 unspecified atom stereocenters. The van der Waals surface area contributed by atoms with Gasteiger partial charge >= 0.3 is 0 Å². The van der Waals surface area contributed by atoms with Crippen molar-refractivity contribution in [2.45, 2.75) is 57.3 Å². The van der Waals surface area contributed by atoms with Crippen molar-refractivity contribution in [3.05, 3.63) is 24.2 Å². The van der Waals surface area contributed by atoms with Crippen LogP contribution in [0.2, 0.25) is 0 Å². The van der Waals surface area contributed by atoms with Gasteiger partial charge in [-0.1, -0.05) is 13.8 Å². The van der Waals surface area contributed by atoms with Crippen LogP contribution in [0.3, 0.4) is 0 Å². The van der Waals surface area contributed by atoms with Gasteiger partial charge in [-0.15, -0.1) is 0 Å². The number of ether oxygens (including phenoxy) is 2. The van der Waals surface area contributed by atoms with E-state index in [0.29, 0.717) is 24.6 Å². The second-order valence-electron chi connectivity index (χ2n) is 6.52. The van der Waals surface area contributed by atoms with Crippen molar-refractivity contribution in [2.75, 3.05) is 13.2 Å². The van der Waals surface area contributed by atoms with E-state index in [4.69, 9.17) is 9.47 Å². The number of imidazole rings is 1. The third kappa shape index (κ3) is 3.28. The van der Waals surface area contributed by atoms with E-state index in [0.717, 1.165) is 5.69 Å². The average Bonchev–Trinajstić information content (AvgIpc) is 2.84. The molecule has 0 aromatic carbocycles. The number of fused-ring (bicyclic) bond motifs is 1. The third-order valence-electron chi connectivity index (χ3n) is 3.76. The Morgan fingerprint density at radius 3 is 2.42 bits per heavy atom. The number of sulfone groups is 1. The smallest absolute Gasteiger partial charge is 0.188 e. The Morgan fingerprint density at radius 1 is 1.29 bits per heavy atom. The lowest BCUT2D eigenvalue weighted by Gasteiger charge is -2.29. The Balaban J connectivity index is 0.00000100. The summed E-state index contributed by atoms with van der Waals surface area (Å²) >= 11 is 0. The highest BCUT2D eigenvalue weighted by atomic mass is 32.2. The molecule has 0 aliphatic carbocycles. The maximum Gasteiger partial charge on any atom is 0.188 e. The number of rotatable bonds is 3. The fourth-order valence-electron chi connectivity index (χ4n) is 2.19. The molecule has 24 heavy (non-hydrogen) atoms. The van der Waals surface area contributed by atoms with Gasteiger partial charge in [0.25, 0.3) is 0 Å². The molecule has 3 heterocycles. The number of aryl methyl sites for hydroxylation is 1. The van der Waals surface area contributed by atoms with Gasteiger partial charge in [-0.05, 0) is 27.7 Å². The minimum absolute atomic E-state index is 0.104. The van der Waals surface area contributed by atoms with E-state index >= 15 is 0 Å². The van der Waals surface area contributed by atoms with Crippen LogP contribution < -0.4 is 4.74 Å². The van der Waals surface area contributed by atoms with E-state index in [1.165, 1.54) is 0 Å². The minimum Gasteiger partial charge on any atom is -0.484 e. The fourth-order valence-corrected chi connectivity index (χ4v) is 3.47. The predicted molar refractivity (Wildman–Crippen MR) is 93.5 cm³/mol. The Bertz CT molecular complexity index is 815. The first-order valence-electron chi connectivity index (χ1n) is 8.17. The van der Waals surface area contributed by atoms with E-state index < -0.39 is 14.6 Å². The van der Waals surface area contributed by atoms with Crippen molar-refractivity contribution in [3.63, 3.8) is 0 Å². The maximum atomic E-state index is 12.9. The largest absolute Gasteiger partial charge is 0.484 e. The van der Waals surface area contributed by atoms with Gasteiger partial charge in [0.05, 0.1) is 18.0 Å². The Morgan fingerprint density at radius 2 is 1.92 bits per heavy atom. The Labute approximate surface area is 143 Å². The summed E-state index contributed by atoms with van der Waals surface area (Å²) < 4.78 is 37.6. The van der Waals surface area contributed by atoms with Crippen LogP contribution in [0.5, 0.6) is 5.75 Å².